The van der Waals surface area contributed by atoms with Gasteiger partial charge in [0.25, 0.3) is 5.91 Å². The molecule has 0 radical (unpaired) electrons. The number of nitrogens with zero attached hydrogens (tertiary/aromatic N) is 3. The number of carbonyl (C=O) groups excluding carboxylic acids is 2. The quantitative estimate of drug-likeness (QED) is 0.678. The summed E-state index contributed by atoms with van der Waals surface area (Å²) in [4.78, 5) is 38.5. The van der Waals surface area contributed by atoms with E-state index >= 15 is 0 Å². The second kappa shape index (κ2) is 7.62. The number of carbonyl (C=O) groups is 2. The van der Waals surface area contributed by atoms with Crippen molar-refractivity contribution in [2.75, 3.05) is 18.1 Å². The lowest BCUT2D eigenvalue weighted by Gasteiger charge is -2.33. The van der Waals surface area contributed by atoms with Crippen molar-refractivity contribution >= 4 is 27.4 Å². The molecule has 1 saturated heterocycles. The van der Waals surface area contributed by atoms with Gasteiger partial charge in [0.05, 0.1) is 17.1 Å². The minimum absolute atomic E-state index is 0.0136. The minimum Gasteiger partial charge on any atom is -0.452 e. The summed E-state index contributed by atoms with van der Waals surface area (Å²) < 4.78 is 30.1. The van der Waals surface area contributed by atoms with E-state index in [1.165, 1.54) is 22.7 Å². The summed E-state index contributed by atoms with van der Waals surface area (Å²) in [6.07, 6.45) is 5.36. The van der Waals surface area contributed by atoms with Crippen LogP contribution in [0.4, 0.5) is 0 Å². The zero-order valence-corrected chi connectivity index (χ0v) is 16.6. The average Bonchev–Trinajstić information content (AvgIpc) is 3.42. The number of aromatic amines is 1. The van der Waals surface area contributed by atoms with Gasteiger partial charge in [-0.3, -0.25) is 4.79 Å². The Morgan fingerprint density at radius 2 is 1.97 bits per heavy atom. The number of aromatic nitrogens is 3. The van der Waals surface area contributed by atoms with Gasteiger partial charge in [-0.1, -0.05) is 12.8 Å². The highest BCUT2D eigenvalue weighted by molar-refractivity contribution is 7.91. The Bertz CT molecular complexity index is 1100. The summed E-state index contributed by atoms with van der Waals surface area (Å²) in [5.41, 5.74) is -0.0114. The molecule has 1 aliphatic carbocycles. The molecule has 4 rings (SSSR count). The highest BCUT2D eigenvalue weighted by Gasteiger charge is 2.39. The number of hydrogen-bond donors (Lipinski definition) is 1. The Morgan fingerprint density at radius 1 is 1.21 bits per heavy atom. The molecule has 1 aliphatic heterocycles. The lowest BCUT2D eigenvalue weighted by molar-refractivity contribution is -0.139. The lowest BCUT2D eigenvalue weighted by atomic mass is 10.1. The van der Waals surface area contributed by atoms with Crippen LogP contribution in [0.5, 0.6) is 0 Å². The molecule has 0 bridgehead atoms. The molecule has 2 fully saturated rings. The van der Waals surface area contributed by atoms with Crippen LogP contribution in [0, 0.1) is 0 Å². The van der Waals surface area contributed by atoms with Crippen molar-refractivity contribution in [1.29, 1.82) is 0 Å². The number of pyridine rings is 1. The molecule has 1 saturated carbocycles. The van der Waals surface area contributed by atoms with Crippen LogP contribution in [-0.4, -0.2) is 70.0 Å². The zero-order chi connectivity index (χ0) is 20.6. The Morgan fingerprint density at radius 3 is 2.66 bits per heavy atom. The summed E-state index contributed by atoms with van der Waals surface area (Å²) in [7, 11) is -3.14. The third-order valence-corrected chi connectivity index (χ3v) is 7.33. The predicted octanol–water partition coefficient (Wildman–Crippen LogP) is 0.138. The molecule has 10 nitrogen and oxygen atoms in total. The van der Waals surface area contributed by atoms with Crippen molar-refractivity contribution in [3.05, 3.63) is 34.4 Å². The number of H-pyrrole nitrogens is 1. The first-order valence-electron chi connectivity index (χ1n) is 9.59. The number of esters is 1. The van der Waals surface area contributed by atoms with Crippen molar-refractivity contribution in [2.24, 2.45) is 0 Å². The number of sulfone groups is 1. The molecule has 11 heteroatoms. The van der Waals surface area contributed by atoms with Gasteiger partial charge in [0.1, 0.15) is 0 Å². The van der Waals surface area contributed by atoms with Crippen LogP contribution >= 0.6 is 0 Å². The number of nitrogens with one attached hydrogen (secondary N) is 1. The number of fused-ring (bicyclic) bond motifs is 1. The molecule has 2 aliphatic rings. The summed E-state index contributed by atoms with van der Waals surface area (Å²) in [6.45, 7) is -0.468. The van der Waals surface area contributed by atoms with Crippen molar-refractivity contribution in [1.82, 2.24) is 19.5 Å². The first kappa shape index (κ1) is 19.6. The number of ether oxygens (including phenoxy) is 1. The van der Waals surface area contributed by atoms with Crippen molar-refractivity contribution in [2.45, 2.75) is 44.2 Å². The third-order valence-electron chi connectivity index (χ3n) is 5.58. The predicted molar refractivity (Wildman–Crippen MR) is 102 cm³/mol. The van der Waals surface area contributed by atoms with E-state index in [-0.39, 0.29) is 35.1 Å². The SMILES string of the molecule is O=C(OCC(=O)N(C1CCCC1)[C@H]1CCS(=O)(=O)C1)c1ccc2n[nH]c(=O)n2c1. The third kappa shape index (κ3) is 4.04. The average molecular weight is 422 g/mol. The largest absolute Gasteiger partial charge is 0.452 e. The van der Waals surface area contributed by atoms with E-state index in [4.69, 9.17) is 4.74 Å². The van der Waals surface area contributed by atoms with Gasteiger partial charge in [0, 0.05) is 18.3 Å². The topological polar surface area (TPSA) is 131 Å². The van der Waals surface area contributed by atoms with Gasteiger partial charge in [-0.05, 0) is 31.4 Å². The van der Waals surface area contributed by atoms with Crippen LogP contribution in [0.15, 0.2) is 23.1 Å². The van der Waals surface area contributed by atoms with E-state index in [0.717, 1.165) is 25.7 Å². The van der Waals surface area contributed by atoms with Crippen molar-refractivity contribution in [3.63, 3.8) is 0 Å². The molecular formula is C18H22N4O6S. The molecule has 156 valence electrons. The maximum absolute atomic E-state index is 12.9. The van der Waals surface area contributed by atoms with E-state index in [1.807, 2.05) is 0 Å². The van der Waals surface area contributed by atoms with Gasteiger partial charge >= 0.3 is 11.7 Å². The molecule has 1 N–H and O–H groups in total. The fraction of sp³-hybridized carbons (Fsp3) is 0.556. The van der Waals surface area contributed by atoms with Crippen LogP contribution in [0.1, 0.15) is 42.5 Å². The number of amides is 1. The zero-order valence-electron chi connectivity index (χ0n) is 15.7. The summed E-state index contributed by atoms with van der Waals surface area (Å²) in [6, 6.07) is 2.57. The maximum Gasteiger partial charge on any atom is 0.347 e. The normalized spacial score (nSPS) is 21.4. The van der Waals surface area contributed by atoms with E-state index in [2.05, 4.69) is 10.2 Å². The van der Waals surface area contributed by atoms with Crippen LogP contribution in [-0.2, 0) is 19.4 Å². The molecule has 1 atom stereocenters. The molecule has 2 aromatic heterocycles. The number of rotatable bonds is 5. The van der Waals surface area contributed by atoms with Gasteiger partial charge in [0.2, 0.25) is 0 Å². The van der Waals surface area contributed by atoms with Crippen LogP contribution in [0.25, 0.3) is 5.65 Å². The Balaban J connectivity index is 1.46. The summed E-state index contributed by atoms with van der Waals surface area (Å²) in [5.74, 6) is -1.08. The molecule has 0 unspecified atom stereocenters. The van der Waals surface area contributed by atoms with Crippen molar-refractivity contribution in [3.8, 4) is 0 Å². The van der Waals surface area contributed by atoms with Crippen LogP contribution < -0.4 is 5.69 Å². The Labute approximate surface area is 166 Å². The monoisotopic (exact) mass is 422 g/mol. The highest BCUT2D eigenvalue weighted by Crippen LogP contribution is 2.29. The molecule has 3 heterocycles. The molecule has 0 spiro atoms. The summed E-state index contributed by atoms with van der Waals surface area (Å²) in [5, 5.41) is 6.05. The van der Waals surface area contributed by atoms with Gasteiger partial charge < -0.3 is 9.64 Å². The second-order valence-corrected chi connectivity index (χ2v) is 9.78. The first-order valence-corrected chi connectivity index (χ1v) is 11.4. The lowest BCUT2D eigenvalue weighted by Crippen LogP contribution is -2.48. The Hall–Kier alpha value is -2.69. The van der Waals surface area contributed by atoms with E-state index in [9.17, 15) is 22.8 Å². The van der Waals surface area contributed by atoms with Gasteiger partial charge in [-0.2, -0.15) is 5.10 Å². The van der Waals surface area contributed by atoms with Crippen LogP contribution in [0.3, 0.4) is 0 Å². The Kier molecular flexibility index (Phi) is 5.15. The molecule has 1 amide bonds. The first-order chi connectivity index (χ1) is 13.8. The van der Waals surface area contributed by atoms with E-state index in [1.54, 1.807) is 4.90 Å². The maximum atomic E-state index is 12.9. The van der Waals surface area contributed by atoms with Gasteiger partial charge in [-0.15, -0.1) is 0 Å². The molecule has 29 heavy (non-hydrogen) atoms. The fourth-order valence-corrected chi connectivity index (χ4v) is 5.91. The van der Waals surface area contributed by atoms with Crippen molar-refractivity contribution < 1.29 is 22.7 Å². The smallest absolute Gasteiger partial charge is 0.347 e. The van der Waals surface area contributed by atoms with Gasteiger partial charge in [0.15, 0.2) is 22.1 Å². The van der Waals surface area contributed by atoms with E-state index in [0.29, 0.717) is 12.1 Å². The second-order valence-electron chi connectivity index (χ2n) is 7.55. The highest BCUT2D eigenvalue weighted by atomic mass is 32.2. The fourth-order valence-electron chi connectivity index (χ4n) is 4.19. The molecule has 0 aromatic carbocycles. The van der Waals surface area contributed by atoms with E-state index < -0.39 is 28.1 Å². The number of hydrogen-bond acceptors (Lipinski definition) is 7. The molecular weight excluding hydrogens is 400 g/mol. The standard InChI is InChI=1S/C18H22N4O6S/c23-16(22(13-3-1-2-4-13)14-7-8-29(26,27)11-14)10-28-17(24)12-5-6-15-19-20-18(25)21(15)9-12/h5-6,9,13-14H,1-4,7-8,10-11H2,(H,20,25)/t14-/m0/s1. The van der Waals surface area contributed by atoms with Gasteiger partial charge in [-0.25, -0.2) is 27.5 Å². The summed E-state index contributed by atoms with van der Waals surface area (Å²) >= 11 is 0. The van der Waals surface area contributed by atoms with Crippen LogP contribution in [0.2, 0.25) is 0 Å². The molecule has 2 aromatic rings. The minimum atomic E-state index is -3.14.